The second-order valence-electron chi connectivity index (χ2n) is 5.89. The van der Waals surface area contributed by atoms with Crippen LogP contribution >= 0.6 is 11.6 Å². The van der Waals surface area contributed by atoms with Gasteiger partial charge in [-0.15, -0.1) is 0 Å². The summed E-state index contributed by atoms with van der Waals surface area (Å²) in [7, 11) is 0. The predicted molar refractivity (Wildman–Crippen MR) is 96.1 cm³/mol. The maximum atomic E-state index is 6.59. The lowest BCUT2D eigenvalue weighted by atomic mass is 9.94. The Hall–Kier alpha value is -2.20. The molecular formula is C18H21ClN4. The van der Waals surface area contributed by atoms with Gasteiger partial charge in [-0.05, 0) is 49.9 Å². The van der Waals surface area contributed by atoms with E-state index in [0.717, 1.165) is 27.9 Å². The Morgan fingerprint density at radius 2 is 1.91 bits per heavy atom. The first-order valence-electron chi connectivity index (χ1n) is 7.66. The summed E-state index contributed by atoms with van der Waals surface area (Å²) in [4.78, 5) is 10.6. The van der Waals surface area contributed by atoms with Crippen LogP contribution in [0.3, 0.4) is 0 Å². The fourth-order valence-corrected chi connectivity index (χ4v) is 3.10. The second kappa shape index (κ2) is 6.13. The molecule has 0 aliphatic carbocycles. The summed E-state index contributed by atoms with van der Waals surface area (Å²) in [5, 5.41) is 4.07. The van der Waals surface area contributed by atoms with Gasteiger partial charge < -0.3 is 15.3 Å². The van der Waals surface area contributed by atoms with Gasteiger partial charge in [0.15, 0.2) is 5.95 Å². The summed E-state index contributed by atoms with van der Waals surface area (Å²) in [5.74, 6) is 0.746. The van der Waals surface area contributed by atoms with Gasteiger partial charge in [0.1, 0.15) is 0 Å². The third-order valence-corrected chi connectivity index (χ3v) is 4.92. The first kappa shape index (κ1) is 15.7. The van der Waals surface area contributed by atoms with E-state index in [4.69, 9.17) is 11.6 Å². The summed E-state index contributed by atoms with van der Waals surface area (Å²) in [5.41, 5.74) is 8.17. The zero-order valence-electron chi connectivity index (χ0n) is 13.8. The molecule has 0 amide bonds. The molecule has 3 aromatic rings. The molecule has 0 radical (unpaired) electrons. The number of imidazole rings is 1. The minimum atomic E-state index is 0.628. The largest absolute Gasteiger partial charge is 0.359 e. The standard InChI is InChI=1S/C18H21ClN4/c1-10-5-6-14(12(3)11(10)2)16-15(23-13(4)17(16)19)9-22-18-20-7-8-21-18/h5-8,23H,9H2,1-4H3,(H2,20,21,22). The van der Waals surface area contributed by atoms with Crippen LogP contribution < -0.4 is 5.32 Å². The summed E-state index contributed by atoms with van der Waals surface area (Å²) in [6, 6.07) is 4.31. The lowest BCUT2D eigenvalue weighted by molar-refractivity contribution is 1.03. The van der Waals surface area contributed by atoms with Crippen LogP contribution in [0.2, 0.25) is 5.02 Å². The molecule has 0 fully saturated rings. The van der Waals surface area contributed by atoms with Gasteiger partial charge in [-0.2, -0.15) is 0 Å². The van der Waals surface area contributed by atoms with Crippen LogP contribution in [0, 0.1) is 27.7 Å². The van der Waals surface area contributed by atoms with Crippen LogP contribution in [0.1, 0.15) is 28.1 Å². The molecule has 23 heavy (non-hydrogen) atoms. The second-order valence-corrected chi connectivity index (χ2v) is 6.27. The highest BCUT2D eigenvalue weighted by Gasteiger charge is 2.18. The topological polar surface area (TPSA) is 56.5 Å². The summed E-state index contributed by atoms with van der Waals surface area (Å²) >= 11 is 6.59. The highest BCUT2D eigenvalue weighted by Crippen LogP contribution is 2.37. The highest BCUT2D eigenvalue weighted by atomic mass is 35.5. The molecule has 0 unspecified atom stereocenters. The Bertz CT molecular complexity index is 831. The number of rotatable bonds is 4. The zero-order chi connectivity index (χ0) is 16.6. The molecule has 0 spiro atoms. The lowest BCUT2D eigenvalue weighted by Crippen LogP contribution is -2.03. The van der Waals surface area contributed by atoms with Gasteiger partial charge in [0.2, 0.25) is 0 Å². The Morgan fingerprint density at radius 3 is 2.61 bits per heavy atom. The van der Waals surface area contributed by atoms with Crippen LogP contribution in [0.25, 0.3) is 11.1 Å². The third-order valence-electron chi connectivity index (χ3n) is 4.45. The van der Waals surface area contributed by atoms with Crippen molar-refractivity contribution < 1.29 is 0 Å². The van der Waals surface area contributed by atoms with Gasteiger partial charge in [-0.3, -0.25) is 0 Å². The average molecular weight is 329 g/mol. The molecule has 0 aliphatic rings. The van der Waals surface area contributed by atoms with E-state index in [2.05, 4.69) is 53.2 Å². The molecule has 0 atom stereocenters. The molecule has 120 valence electrons. The monoisotopic (exact) mass is 328 g/mol. The van der Waals surface area contributed by atoms with Crippen LogP contribution in [-0.2, 0) is 6.54 Å². The number of aryl methyl sites for hydroxylation is 2. The first-order chi connectivity index (χ1) is 11.0. The Kier molecular flexibility index (Phi) is 4.18. The Morgan fingerprint density at radius 1 is 1.13 bits per heavy atom. The maximum absolute atomic E-state index is 6.59. The number of H-pyrrole nitrogens is 2. The summed E-state index contributed by atoms with van der Waals surface area (Å²) in [6.45, 7) is 9.07. The van der Waals surface area contributed by atoms with E-state index >= 15 is 0 Å². The van der Waals surface area contributed by atoms with Crippen LogP contribution in [0.15, 0.2) is 24.5 Å². The van der Waals surface area contributed by atoms with E-state index in [9.17, 15) is 0 Å². The fourth-order valence-electron chi connectivity index (χ4n) is 2.84. The molecule has 0 bridgehead atoms. The molecule has 1 aromatic carbocycles. The van der Waals surface area contributed by atoms with Gasteiger partial charge in [-0.25, -0.2) is 4.98 Å². The van der Waals surface area contributed by atoms with E-state index in [1.807, 2.05) is 6.92 Å². The smallest absolute Gasteiger partial charge is 0.200 e. The molecule has 3 N–H and O–H groups in total. The van der Waals surface area contributed by atoms with E-state index in [1.54, 1.807) is 12.4 Å². The van der Waals surface area contributed by atoms with Gasteiger partial charge in [-0.1, -0.05) is 23.7 Å². The van der Waals surface area contributed by atoms with Crippen molar-refractivity contribution in [2.75, 3.05) is 5.32 Å². The van der Waals surface area contributed by atoms with Crippen molar-refractivity contribution >= 4 is 17.5 Å². The van der Waals surface area contributed by atoms with Gasteiger partial charge in [0.05, 0.1) is 11.6 Å². The van der Waals surface area contributed by atoms with Gasteiger partial charge in [0.25, 0.3) is 0 Å². The Balaban J connectivity index is 2.03. The van der Waals surface area contributed by atoms with Crippen molar-refractivity contribution in [1.29, 1.82) is 0 Å². The van der Waals surface area contributed by atoms with Gasteiger partial charge >= 0.3 is 0 Å². The van der Waals surface area contributed by atoms with E-state index in [1.165, 1.54) is 22.3 Å². The minimum absolute atomic E-state index is 0.628. The molecule has 3 rings (SSSR count). The normalized spacial score (nSPS) is 11.0. The number of nitrogens with zero attached hydrogens (tertiary/aromatic N) is 1. The van der Waals surface area contributed by atoms with E-state index in [-0.39, 0.29) is 0 Å². The van der Waals surface area contributed by atoms with Crippen molar-refractivity contribution in [3.05, 3.63) is 57.6 Å². The third kappa shape index (κ3) is 2.86. The fraction of sp³-hybridized carbons (Fsp3) is 0.278. The van der Waals surface area contributed by atoms with Crippen molar-refractivity contribution in [2.24, 2.45) is 0 Å². The number of benzene rings is 1. The minimum Gasteiger partial charge on any atom is -0.359 e. The van der Waals surface area contributed by atoms with Gasteiger partial charge in [0, 0.05) is 29.3 Å². The van der Waals surface area contributed by atoms with E-state index in [0.29, 0.717) is 6.54 Å². The molecule has 4 nitrogen and oxygen atoms in total. The maximum Gasteiger partial charge on any atom is 0.200 e. The molecule has 0 aliphatic heterocycles. The first-order valence-corrected chi connectivity index (χ1v) is 8.04. The van der Waals surface area contributed by atoms with Crippen molar-refractivity contribution in [3.63, 3.8) is 0 Å². The number of aromatic nitrogens is 3. The number of hydrogen-bond donors (Lipinski definition) is 3. The number of nitrogens with one attached hydrogen (secondary N) is 3. The number of hydrogen-bond acceptors (Lipinski definition) is 2. The van der Waals surface area contributed by atoms with Crippen LogP contribution in [0.4, 0.5) is 5.95 Å². The summed E-state index contributed by atoms with van der Waals surface area (Å²) < 4.78 is 0. The molecule has 0 saturated heterocycles. The average Bonchev–Trinajstić information content (AvgIpc) is 3.13. The summed E-state index contributed by atoms with van der Waals surface area (Å²) in [6.07, 6.45) is 3.52. The zero-order valence-corrected chi connectivity index (χ0v) is 14.6. The molecule has 5 heteroatoms. The quantitative estimate of drug-likeness (QED) is 0.637. The van der Waals surface area contributed by atoms with Crippen molar-refractivity contribution in [3.8, 4) is 11.1 Å². The predicted octanol–water partition coefficient (Wildman–Crippen LogP) is 4.90. The molecule has 2 heterocycles. The number of halogens is 1. The molecular weight excluding hydrogens is 308 g/mol. The highest BCUT2D eigenvalue weighted by molar-refractivity contribution is 6.34. The Labute approximate surface area is 141 Å². The van der Waals surface area contributed by atoms with Crippen LogP contribution in [-0.4, -0.2) is 15.0 Å². The molecule has 2 aromatic heterocycles. The number of anilines is 1. The molecule has 0 saturated carbocycles. The number of aromatic amines is 2. The van der Waals surface area contributed by atoms with Crippen LogP contribution in [0.5, 0.6) is 0 Å². The van der Waals surface area contributed by atoms with Crippen molar-refractivity contribution in [2.45, 2.75) is 34.2 Å². The van der Waals surface area contributed by atoms with Crippen molar-refractivity contribution in [1.82, 2.24) is 15.0 Å². The van der Waals surface area contributed by atoms with E-state index < -0.39 is 0 Å². The SMILES string of the molecule is Cc1ccc(-c2c(CNc3ncc[nH]3)[nH]c(C)c2Cl)c(C)c1C. The lowest BCUT2D eigenvalue weighted by Gasteiger charge is -2.13.